The van der Waals surface area contributed by atoms with E-state index in [1.165, 1.54) is 12.1 Å². The van der Waals surface area contributed by atoms with Crippen LogP contribution in [0.5, 0.6) is 5.75 Å². The van der Waals surface area contributed by atoms with Crippen molar-refractivity contribution in [3.05, 3.63) is 86.9 Å². The number of non-ortho nitro benzene ring substituents is 1. The van der Waals surface area contributed by atoms with Gasteiger partial charge in [-0.05, 0) is 42.7 Å². The molecule has 4 rings (SSSR count). The monoisotopic (exact) mass is 416 g/mol. The highest BCUT2D eigenvalue weighted by molar-refractivity contribution is 6.01. The fourth-order valence-corrected chi connectivity index (χ4v) is 4.23. The third kappa shape index (κ3) is 3.40. The summed E-state index contributed by atoms with van der Waals surface area (Å²) < 4.78 is 5.22. The molecule has 0 aromatic heterocycles. The second kappa shape index (κ2) is 7.95. The molecule has 2 aromatic rings. The maximum atomic E-state index is 13.0. The zero-order valence-corrected chi connectivity index (χ0v) is 16.9. The van der Waals surface area contributed by atoms with Crippen LogP contribution in [0.25, 0.3) is 0 Å². The number of hydrogen-bond donors (Lipinski definition) is 1. The first-order valence-corrected chi connectivity index (χ1v) is 9.80. The van der Waals surface area contributed by atoms with Crippen LogP contribution in [0.1, 0.15) is 30.7 Å². The van der Waals surface area contributed by atoms with E-state index in [0.717, 1.165) is 11.4 Å². The van der Waals surface area contributed by atoms with Gasteiger partial charge in [-0.3, -0.25) is 19.8 Å². The second-order valence-corrected chi connectivity index (χ2v) is 7.36. The van der Waals surface area contributed by atoms with Crippen LogP contribution in [-0.4, -0.2) is 17.8 Å². The molecule has 1 unspecified atom stereocenters. The SMILES string of the molecule is COc1ccc(N2C(N)=C(C#N)C(c3ccc([N+](=O)[O-])cc3)C3=C2CCCC3=O)cc1. The minimum atomic E-state index is -0.650. The van der Waals surface area contributed by atoms with Gasteiger partial charge in [0.25, 0.3) is 5.69 Å². The quantitative estimate of drug-likeness (QED) is 0.592. The summed E-state index contributed by atoms with van der Waals surface area (Å²) in [6, 6.07) is 15.4. The number of ether oxygens (including phenoxy) is 1. The zero-order chi connectivity index (χ0) is 22.1. The Hall–Kier alpha value is -4.12. The third-order valence-electron chi connectivity index (χ3n) is 5.68. The summed E-state index contributed by atoms with van der Waals surface area (Å²) in [4.78, 5) is 25.4. The number of hydrogen-bond acceptors (Lipinski definition) is 7. The number of benzene rings is 2. The van der Waals surface area contributed by atoms with Crippen LogP contribution >= 0.6 is 0 Å². The van der Waals surface area contributed by atoms with E-state index in [-0.39, 0.29) is 22.9 Å². The van der Waals surface area contributed by atoms with Crippen LogP contribution < -0.4 is 15.4 Å². The van der Waals surface area contributed by atoms with Crippen molar-refractivity contribution < 1.29 is 14.5 Å². The minimum absolute atomic E-state index is 0.0386. The number of carbonyl (C=O) groups excluding carboxylic acids is 1. The Kier molecular flexibility index (Phi) is 5.17. The summed E-state index contributed by atoms with van der Waals surface area (Å²) in [6.45, 7) is 0. The van der Waals surface area contributed by atoms with Crippen LogP contribution in [0.4, 0.5) is 11.4 Å². The highest BCUT2D eigenvalue weighted by Gasteiger charge is 2.40. The molecule has 156 valence electrons. The molecule has 8 nitrogen and oxygen atoms in total. The molecule has 0 fully saturated rings. The highest BCUT2D eigenvalue weighted by Crippen LogP contribution is 2.46. The molecule has 8 heteroatoms. The summed E-state index contributed by atoms with van der Waals surface area (Å²) >= 11 is 0. The van der Waals surface area contributed by atoms with Crippen molar-refractivity contribution in [2.75, 3.05) is 12.0 Å². The number of ketones is 1. The standard InChI is InChI=1S/C23H20N4O4/c1-31-17-11-9-15(10-12-17)26-19-3-2-4-20(28)22(19)21(18(13-24)23(26)25)14-5-7-16(8-6-14)27(29)30/h5-12,21H,2-4,25H2,1H3. The predicted octanol–water partition coefficient (Wildman–Crippen LogP) is 3.91. The number of nitrogens with zero attached hydrogens (tertiary/aromatic N) is 3. The topological polar surface area (TPSA) is 122 Å². The van der Waals surface area contributed by atoms with E-state index in [1.54, 1.807) is 36.3 Å². The minimum Gasteiger partial charge on any atom is -0.497 e. The second-order valence-electron chi connectivity index (χ2n) is 7.36. The molecule has 1 atom stereocenters. The van der Waals surface area contributed by atoms with Gasteiger partial charge in [0.15, 0.2) is 5.78 Å². The van der Waals surface area contributed by atoms with Crippen LogP contribution in [0.15, 0.2) is 71.2 Å². The predicted molar refractivity (Wildman–Crippen MR) is 114 cm³/mol. The van der Waals surface area contributed by atoms with Crippen molar-refractivity contribution in [1.82, 2.24) is 0 Å². The smallest absolute Gasteiger partial charge is 0.269 e. The van der Waals surface area contributed by atoms with E-state index >= 15 is 0 Å². The molecule has 2 aliphatic rings. The third-order valence-corrected chi connectivity index (χ3v) is 5.68. The van der Waals surface area contributed by atoms with Crippen molar-refractivity contribution in [1.29, 1.82) is 5.26 Å². The van der Waals surface area contributed by atoms with E-state index in [0.29, 0.717) is 36.1 Å². The first-order valence-electron chi connectivity index (χ1n) is 9.80. The maximum absolute atomic E-state index is 13.0. The van der Waals surface area contributed by atoms with E-state index < -0.39 is 10.8 Å². The van der Waals surface area contributed by atoms with Gasteiger partial charge in [0, 0.05) is 35.5 Å². The van der Waals surface area contributed by atoms with Gasteiger partial charge in [0.2, 0.25) is 0 Å². The lowest BCUT2D eigenvalue weighted by Gasteiger charge is -2.39. The van der Waals surface area contributed by atoms with Gasteiger partial charge in [-0.2, -0.15) is 5.26 Å². The van der Waals surface area contributed by atoms with Gasteiger partial charge >= 0.3 is 0 Å². The van der Waals surface area contributed by atoms with Crippen molar-refractivity contribution >= 4 is 17.2 Å². The van der Waals surface area contributed by atoms with Crippen LogP contribution in [-0.2, 0) is 4.79 Å². The highest BCUT2D eigenvalue weighted by atomic mass is 16.6. The number of Topliss-reactive ketones (excluding diaryl/α,β-unsaturated/α-hetero) is 1. The average Bonchev–Trinajstić information content (AvgIpc) is 2.79. The lowest BCUT2D eigenvalue weighted by Crippen LogP contribution is -2.38. The lowest BCUT2D eigenvalue weighted by atomic mass is 9.75. The lowest BCUT2D eigenvalue weighted by molar-refractivity contribution is -0.384. The number of allylic oxidation sites excluding steroid dienone is 3. The van der Waals surface area contributed by atoms with Crippen molar-refractivity contribution in [2.45, 2.75) is 25.2 Å². The van der Waals surface area contributed by atoms with Crippen LogP contribution in [0.3, 0.4) is 0 Å². The Labute approximate surface area is 179 Å². The summed E-state index contributed by atoms with van der Waals surface area (Å²) in [5.74, 6) is 0.248. The number of methoxy groups -OCH3 is 1. The molecule has 0 amide bonds. The van der Waals surface area contributed by atoms with Gasteiger partial charge in [-0.25, -0.2) is 0 Å². The molecule has 0 radical (unpaired) electrons. The Morgan fingerprint density at radius 2 is 1.84 bits per heavy atom. The summed E-state index contributed by atoms with van der Waals surface area (Å²) in [5.41, 5.74) is 9.34. The summed E-state index contributed by atoms with van der Waals surface area (Å²) in [6.07, 6.45) is 1.71. The molecule has 0 spiro atoms. The van der Waals surface area contributed by atoms with Crippen molar-refractivity contribution in [3.8, 4) is 11.8 Å². The molecule has 1 heterocycles. The number of rotatable bonds is 4. The molecule has 31 heavy (non-hydrogen) atoms. The fourth-order valence-electron chi connectivity index (χ4n) is 4.23. The number of nitrogens with two attached hydrogens (primary N) is 1. The zero-order valence-electron chi connectivity index (χ0n) is 16.9. The van der Waals surface area contributed by atoms with E-state index in [4.69, 9.17) is 10.5 Å². The normalized spacial score (nSPS) is 18.5. The number of nitriles is 1. The van der Waals surface area contributed by atoms with Gasteiger partial charge in [-0.1, -0.05) is 12.1 Å². The fraction of sp³-hybridized carbons (Fsp3) is 0.217. The maximum Gasteiger partial charge on any atom is 0.269 e. The average molecular weight is 416 g/mol. The van der Waals surface area contributed by atoms with Crippen LogP contribution in [0, 0.1) is 21.4 Å². The van der Waals surface area contributed by atoms with Gasteiger partial charge < -0.3 is 10.5 Å². The van der Waals surface area contributed by atoms with Gasteiger partial charge in [-0.15, -0.1) is 0 Å². The molecule has 0 saturated carbocycles. The molecule has 2 aromatic carbocycles. The van der Waals surface area contributed by atoms with E-state index in [1.807, 2.05) is 12.1 Å². The number of carbonyl (C=O) groups is 1. The van der Waals surface area contributed by atoms with Gasteiger partial charge in [0.05, 0.1) is 29.6 Å². The van der Waals surface area contributed by atoms with Crippen LogP contribution in [0.2, 0.25) is 0 Å². The number of nitro benzene ring substituents is 1. The Morgan fingerprint density at radius 1 is 1.16 bits per heavy atom. The van der Waals surface area contributed by atoms with E-state index in [2.05, 4.69) is 6.07 Å². The van der Waals surface area contributed by atoms with Gasteiger partial charge in [0.1, 0.15) is 11.6 Å². The summed E-state index contributed by atoms with van der Waals surface area (Å²) in [7, 11) is 1.58. The molecule has 2 N–H and O–H groups in total. The largest absolute Gasteiger partial charge is 0.497 e. The van der Waals surface area contributed by atoms with E-state index in [9.17, 15) is 20.2 Å². The number of nitro groups is 1. The summed E-state index contributed by atoms with van der Waals surface area (Å²) in [5, 5.41) is 21.0. The molecular formula is C23H20N4O4. The molecule has 1 aliphatic heterocycles. The Balaban J connectivity index is 1.89. The molecule has 1 aliphatic carbocycles. The molecule has 0 bridgehead atoms. The Bertz CT molecular complexity index is 1160. The Morgan fingerprint density at radius 3 is 2.42 bits per heavy atom. The number of anilines is 1. The first kappa shape index (κ1) is 20.2. The molecule has 0 saturated heterocycles. The van der Waals surface area contributed by atoms with Crippen molar-refractivity contribution in [3.63, 3.8) is 0 Å². The van der Waals surface area contributed by atoms with Crippen molar-refractivity contribution in [2.24, 2.45) is 5.73 Å². The molecular weight excluding hydrogens is 396 g/mol. The first-order chi connectivity index (χ1) is 15.0.